The van der Waals surface area contributed by atoms with Crippen molar-refractivity contribution in [3.05, 3.63) is 58.1 Å². The lowest BCUT2D eigenvalue weighted by Gasteiger charge is -2.33. The maximum atomic E-state index is 13.0. The van der Waals surface area contributed by atoms with Crippen molar-refractivity contribution in [1.29, 1.82) is 0 Å². The highest BCUT2D eigenvalue weighted by atomic mass is 19.4. The molecule has 0 aromatic heterocycles. The van der Waals surface area contributed by atoms with E-state index in [4.69, 9.17) is 4.74 Å². The molecule has 0 bridgehead atoms. The van der Waals surface area contributed by atoms with E-state index in [0.717, 1.165) is 36.6 Å². The van der Waals surface area contributed by atoms with Gasteiger partial charge in [-0.05, 0) is 37.1 Å². The Bertz CT molecular complexity index is 1050. The van der Waals surface area contributed by atoms with E-state index < -0.39 is 22.4 Å². The van der Waals surface area contributed by atoms with Crippen molar-refractivity contribution < 1.29 is 27.6 Å². The van der Waals surface area contributed by atoms with E-state index in [9.17, 15) is 28.1 Å². The van der Waals surface area contributed by atoms with Gasteiger partial charge in [0.2, 0.25) is 5.91 Å². The minimum atomic E-state index is -4.66. The van der Waals surface area contributed by atoms with Crippen molar-refractivity contribution in [3.63, 3.8) is 0 Å². The van der Waals surface area contributed by atoms with Gasteiger partial charge in [-0.3, -0.25) is 14.9 Å². The molecule has 0 aliphatic carbocycles. The summed E-state index contributed by atoms with van der Waals surface area (Å²) >= 11 is 0. The molecule has 0 radical (unpaired) electrons. The Morgan fingerprint density at radius 1 is 1.00 bits per heavy atom. The molecule has 0 spiro atoms. The van der Waals surface area contributed by atoms with Crippen molar-refractivity contribution >= 4 is 28.7 Å². The lowest BCUT2D eigenvalue weighted by molar-refractivity contribution is -0.384. The van der Waals surface area contributed by atoms with Crippen LogP contribution in [0.1, 0.15) is 18.4 Å². The van der Waals surface area contributed by atoms with Gasteiger partial charge in [0.25, 0.3) is 5.69 Å². The average Bonchev–Trinajstić information content (AvgIpc) is 2.84. The molecular weight excluding hydrogens is 453 g/mol. The summed E-state index contributed by atoms with van der Waals surface area (Å²) < 4.78 is 44.3. The number of carbonyl (C=O) groups is 1. The average molecular weight is 478 g/mol. The number of rotatable bonds is 5. The van der Waals surface area contributed by atoms with Crippen LogP contribution in [0, 0.1) is 16.0 Å². The molecule has 182 valence electrons. The van der Waals surface area contributed by atoms with Crippen LogP contribution in [0.2, 0.25) is 0 Å². The van der Waals surface area contributed by atoms with Gasteiger partial charge < -0.3 is 19.9 Å². The molecule has 2 heterocycles. The maximum Gasteiger partial charge on any atom is 0.416 e. The van der Waals surface area contributed by atoms with Crippen molar-refractivity contribution in [3.8, 4) is 0 Å². The number of ether oxygens (including phenoxy) is 1. The molecule has 0 saturated carbocycles. The Morgan fingerprint density at radius 3 is 2.29 bits per heavy atom. The first kappa shape index (κ1) is 23.8. The Labute approximate surface area is 194 Å². The Balaban J connectivity index is 1.42. The molecule has 11 heteroatoms. The highest BCUT2D eigenvalue weighted by Crippen LogP contribution is 2.38. The number of piperidine rings is 1. The second kappa shape index (κ2) is 9.88. The number of halogens is 3. The van der Waals surface area contributed by atoms with E-state index in [2.05, 4.69) is 10.2 Å². The van der Waals surface area contributed by atoms with Crippen LogP contribution in [-0.4, -0.2) is 50.2 Å². The number of alkyl halides is 3. The number of nitro groups is 1. The Kier molecular flexibility index (Phi) is 6.92. The lowest BCUT2D eigenvalue weighted by Crippen LogP contribution is -2.39. The number of nitro benzene ring substituents is 1. The molecule has 1 amide bonds. The number of para-hydroxylation sites is 2. The number of hydrogen-bond donors (Lipinski definition) is 1. The molecule has 2 fully saturated rings. The van der Waals surface area contributed by atoms with E-state index in [1.807, 2.05) is 24.3 Å². The third-order valence-electron chi connectivity index (χ3n) is 6.22. The van der Waals surface area contributed by atoms with Crippen molar-refractivity contribution in [2.75, 3.05) is 54.5 Å². The van der Waals surface area contributed by atoms with Crippen molar-refractivity contribution in [1.82, 2.24) is 0 Å². The van der Waals surface area contributed by atoms with Gasteiger partial charge in [-0.1, -0.05) is 12.1 Å². The fourth-order valence-corrected chi connectivity index (χ4v) is 4.39. The number of anilines is 3. The summed E-state index contributed by atoms with van der Waals surface area (Å²) in [7, 11) is 0. The van der Waals surface area contributed by atoms with Crippen LogP contribution < -0.4 is 15.1 Å². The van der Waals surface area contributed by atoms with Gasteiger partial charge in [0.05, 0.1) is 35.1 Å². The fourth-order valence-electron chi connectivity index (χ4n) is 4.39. The first-order chi connectivity index (χ1) is 16.2. The predicted molar refractivity (Wildman–Crippen MR) is 121 cm³/mol. The van der Waals surface area contributed by atoms with Crippen molar-refractivity contribution in [2.24, 2.45) is 5.92 Å². The minimum absolute atomic E-state index is 0.134. The maximum absolute atomic E-state index is 13.0. The quantitative estimate of drug-likeness (QED) is 0.509. The molecule has 0 unspecified atom stereocenters. The third-order valence-corrected chi connectivity index (χ3v) is 6.22. The monoisotopic (exact) mass is 478 g/mol. The molecule has 2 saturated heterocycles. The van der Waals surface area contributed by atoms with E-state index in [-0.39, 0.29) is 17.5 Å². The number of hydrogen-bond acceptors (Lipinski definition) is 6. The predicted octanol–water partition coefficient (Wildman–Crippen LogP) is 4.31. The zero-order valence-corrected chi connectivity index (χ0v) is 18.4. The van der Waals surface area contributed by atoms with Crippen molar-refractivity contribution in [2.45, 2.75) is 19.0 Å². The van der Waals surface area contributed by atoms with Gasteiger partial charge in [0.15, 0.2) is 0 Å². The molecule has 2 aromatic carbocycles. The molecule has 8 nitrogen and oxygen atoms in total. The zero-order chi connectivity index (χ0) is 24.3. The summed E-state index contributed by atoms with van der Waals surface area (Å²) in [6.45, 7) is 3.37. The number of morpholine rings is 1. The molecule has 2 aliphatic heterocycles. The highest BCUT2D eigenvalue weighted by molar-refractivity contribution is 5.96. The van der Waals surface area contributed by atoms with Gasteiger partial charge in [0.1, 0.15) is 5.69 Å². The van der Waals surface area contributed by atoms with E-state index >= 15 is 0 Å². The number of nitrogens with one attached hydrogen (secondary N) is 1. The zero-order valence-electron chi connectivity index (χ0n) is 18.4. The first-order valence-electron chi connectivity index (χ1n) is 11.1. The smallest absolute Gasteiger partial charge is 0.378 e. The SMILES string of the molecule is O=C(Nc1ccccc1N1CCOCC1)C1CCN(c2ccc(C(F)(F)F)cc2[N+](=O)[O-])CC1. The molecular formula is C23H25F3N4O4. The molecule has 2 aromatic rings. The van der Waals surface area contributed by atoms with Crippen LogP contribution in [0.4, 0.5) is 35.9 Å². The Morgan fingerprint density at radius 2 is 1.65 bits per heavy atom. The summed E-state index contributed by atoms with van der Waals surface area (Å²) in [6, 6.07) is 10.1. The van der Waals surface area contributed by atoms with E-state index in [1.54, 1.807) is 4.90 Å². The van der Waals surface area contributed by atoms with Crippen LogP contribution >= 0.6 is 0 Å². The number of benzene rings is 2. The first-order valence-corrected chi connectivity index (χ1v) is 11.1. The summed E-state index contributed by atoms with van der Waals surface area (Å²) in [4.78, 5) is 27.4. The highest BCUT2D eigenvalue weighted by Gasteiger charge is 2.35. The minimum Gasteiger partial charge on any atom is -0.378 e. The third kappa shape index (κ3) is 5.24. The molecule has 2 aliphatic rings. The summed E-state index contributed by atoms with van der Waals surface area (Å²) in [5, 5.41) is 14.4. The summed E-state index contributed by atoms with van der Waals surface area (Å²) in [5.74, 6) is -0.440. The molecule has 1 N–H and O–H groups in total. The molecule has 0 atom stereocenters. The van der Waals surface area contributed by atoms with Gasteiger partial charge in [-0.25, -0.2) is 0 Å². The topological polar surface area (TPSA) is 88.0 Å². The molecule has 34 heavy (non-hydrogen) atoms. The summed E-state index contributed by atoms with van der Waals surface area (Å²) in [5.41, 5.74) is 0.134. The Hall–Kier alpha value is -3.34. The second-order valence-electron chi connectivity index (χ2n) is 8.33. The lowest BCUT2D eigenvalue weighted by atomic mass is 9.95. The van der Waals surface area contributed by atoms with Gasteiger partial charge in [0, 0.05) is 38.2 Å². The van der Waals surface area contributed by atoms with Gasteiger partial charge in [-0.2, -0.15) is 13.2 Å². The number of nitrogens with zero attached hydrogens (tertiary/aromatic N) is 3. The molecule has 4 rings (SSSR count). The van der Waals surface area contributed by atoms with Gasteiger partial charge in [-0.15, -0.1) is 0 Å². The normalized spacial score (nSPS) is 17.5. The summed E-state index contributed by atoms with van der Waals surface area (Å²) in [6.07, 6.45) is -3.79. The van der Waals surface area contributed by atoms with E-state index in [0.29, 0.717) is 45.2 Å². The fraction of sp³-hybridized carbons (Fsp3) is 0.435. The van der Waals surface area contributed by atoms with Crippen LogP contribution in [-0.2, 0) is 15.7 Å². The van der Waals surface area contributed by atoms with Gasteiger partial charge >= 0.3 is 6.18 Å². The van der Waals surface area contributed by atoms with Crippen LogP contribution in [0.3, 0.4) is 0 Å². The van der Waals surface area contributed by atoms with Crippen LogP contribution in [0.5, 0.6) is 0 Å². The largest absolute Gasteiger partial charge is 0.416 e. The second-order valence-corrected chi connectivity index (χ2v) is 8.33. The standard InChI is InChI=1S/C23H25F3N4O4/c24-23(25,26)17-5-6-20(21(15-17)30(32)33)28-9-7-16(8-10-28)22(31)27-18-3-1-2-4-19(18)29-11-13-34-14-12-29/h1-6,15-16H,7-14H2,(H,27,31). The number of carbonyl (C=O) groups excluding carboxylic acids is 1. The van der Waals surface area contributed by atoms with Crippen LogP contribution in [0.25, 0.3) is 0 Å². The number of amides is 1. The van der Waals surface area contributed by atoms with E-state index in [1.165, 1.54) is 0 Å². The van der Waals surface area contributed by atoms with Crippen LogP contribution in [0.15, 0.2) is 42.5 Å².